The lowest BCUT2D eigenvalue weighted by molar-refractivity contribution is -0.188. The van der Waals surface area contributed by atoms with Crippen LogP contribution in [0.3, 0.4) is 0 Å². The molecular weight excluding hydrogens is 330 g/mol. The molecule has 138 valence electrons. The van der Waals surface area contributed by atoms with Crippen LogP contribution in [0.4, 0.5) is 0 Å². The highest BCUT2D eigenvalue weighted by atomic mass is 16.5. The third-order valence-corrected chi connectivity index (χ3v) is 7.76. The van der Waals surface area contributed by atoms with Gasteiger partial charge < -0.3 is 14.6 Å². The predicted octanol–water partition coefficient (Wildman–Crippen LogP) is 1.83. The third kappa shape index (κ3) is 1.63. The monoisotopic (exact) mass is 355 g/mol. The van der Waals surface area contributed by atoms with Crippen molar-refractivity contribution in [3.63, 3.8) is 0 Å². The number of rotatable bonds is 3. The molecule has 1 aromatic carbocycles. The largest absolute Gasteiger partial charge is 0.493 e. The zero-order valence-electron chi connectivity index (χ0n) is 15.2. The number of ketones is 1. The van der Waals surface area contributed by atoms with Gasteiger partial charge in [-0.3, -0.25) is 9.69 Å². The molecule has 4 atom stereocenters. The summed E-state index contributed by atoms with van der Waals surface area (Å²) in [5.74, 6) is 2.32. The molecule has 0 aromatic heterocycles. The van der Waals surface area contributed by atoms with Gasteiger partial charge in [0.05, 0.1) is 18.1 Å². The Morgan fingerprint density at radius 3 is 2.96 bits per heavy atom. The summed E-state index contributed by atoms with van der Waals surface area (Å²) >= 11 is 0. The van der Waals surface area contributed by atoms with Crippen LogP contribution in [-0.2, 0) is 16.6 Å². The van der Waals surface area contributed by atoms with E-state index in [0.717, 1.165) is 37.4 Å². The highest BCUT2D eigenvalue weighted by molar-refractivity contribution is 5.90. The molecule has 5 heteroatoms. The van der Waals surface area contributed by atoms with Gasteiger partial charge in [-0.1, -0.05) is 6.07 Å². The van der Waals surface area contributed by atoms with Crippen LogP contribution in [0.2, 0.25) is 0 Å². The average molecular weight is 355 g/mol. The van der Waals surface area contributed by atoms with Crippen molar-refractivity contribution < 1.29 is 19.4 Å². The van der Waals surface area contributed by atoms with Crippen molar-refractivity contribution in [2.75, 3.05) is 20.2 Å². The Bertz CT molecular complexity index is 818. The van der Waals surface area contributed by atoms with Crippen LogP contribution < -0.4 is 9.47 Å². The van der Waals surface area contributed by atoms with Crippen LogP contribution in [0.1, 0.15) is 43.2 Å². The number of ether oxygens (including phenoxy) is 2. The summed E-state index contributed by atoms with van der Waals surface area (Å²) in [5.41, 5.74) is 0.821. The van der Waals surface area contributed by atoms with E-state index in [0.29, 0.717) is 24.3 Å². The molecule has 2 aliphatic heterocycles. The molecule has 1 N–H and O–H groups in total. The van der Waals surface area contributed by atoms with E-state index in [1.807, 2.05) is 6.07 Å². The Balaban J connectivity index is 1.57. The van der Waals surface area contributed by atoms with Gasteiger partial charge in [-0.25, -0.2) is 0 Å². The van der Waals surface area contributed by atoms with E-state index in [9.17, 15) is 9.90 Å². The number of Topliss-reactive ketones (excluding diaryl/α,β-unsaturated/α-hetero) is 1. The van der Waals surface area contributed by atoms with Crippen molar-refractivity contribution in [3.8, 4) is 11.5 Å². The van der Waals surface area contributed by atoms with Gasteiger partial charge in [0.15, 0.2) is 23.4 Å². The maximum absolute atomic E-state index is 12.8. The Morgan fingerprint density at radius 1 is 1.35 bits per heavy atom. The second-order valence-electron chi connectivity index (χ2n) is 8.90. The molecule has 3 fully saturated rings. The summed E-state index contributed by atoms with van der Waals surface area (Å²) in [6.07, 6.45) is 4.65. The number of methoxy groups -OCH3 is 1. The molecule has 3 aliphatic carbocycles. The van der Waals surface area contributed by atoms with Crippen LogP contribution in [0.5, 0.6) is 11.5 Å². The summed E-state index contributed by atoms with van der Waals surface area (Å²) in [6.45, 7) is 2.02. The minimum Gasteiger partial charge on any atom is -0.493 e. The van der Waals surface area contributed by atoms with Gasteiger partial charge in [0.1, 0.15) is 0 Å². The van der Waals surface area contributed by atoms with E-state index < -0.39 is 17.1 Å². The van der Waals surface area contributed by atoms with Crippen LogP contribution in [0.15, 0.2) is 12.1 Å². The summed E-state index contributed by atoms with van der Waals surface area (Å²) in [5, 5.41) is 12.1. The Morgan fingerprint density at radius 2 is 2.19 bits per heavy atom. The molecule has 2 heterocycles. The lowest BCUT2D eigenvalue weighted by Gasteiger charge is -2.62. The fraction of sp³-hybridized carbons (Fsp3) is 0.667. The molecule has 1 aromatic rings. The van der Waals surface area contributed by atoms with E-state index in [-0.39, 0.29) is 11.8 Å². The van der Waals surface area contributed by atoms with E-state index in [2.05, 4.69) is 11.0 Å². The molecule has 1 spiro atoms. The van der Waals surface area contributed by atoms with Gasteiger partial charge in [0, 0.05) is 24.6 Å². The molecule has 26 heavy (non-hydrogen) atoms. The van der Waals surface area contributed by atoms with Crippen molar-refractivity contribution >= 4 is 5.78 Å². The summed E-state index contributed by atoms with van der Waals surface area (Å²) in [4.78, 5) is 15.4. The van der Waals surface area contributed by atoms with Gasteiger partial charge in [-0.15, -0.1) is 0 Å². The summed E-state index contributed by atoms with van der Waals surface area (Å²) in [7, 11) is 1.64. The summed E-state index contributed by atoms with van der Waals surface area (Å²) < 4.78 is 11.8. The smallest absolute Gasteiger partial charge is 0.174 e. The third-order valence-electron chi connectivity index (χ3n) is 7.76. The van der Waals surface area contributed by atoms with Crippen molar-refractivity contribution in [2.24, 2.45) is 5.92 Å². The zero-order chi connectivity index (χ0) is 17.7. The normalized spacial score (nSPS) is 40.2. The first-order valence-electron chi connectivity index (χ1n) is 9.94. The standard InChI is InChI=1S/C21H25NO4/c1-25-15-5-4-13-10-16-21(24)7-6-14(23)19-20(21,17(13)18(15)26-19)8-9-22(16)11-12-2-3-12/h4-5,12,16,19,24H,2-3,6-11H2,1H3/t16?,19?,20-,21+/m0/s1. The molecule has 6 rings (SSSR count). The van der Waals surface area contributed by atoms with E-state index >= 15 is 0 Å². The summed E-state index contributed by atoms with van der Waals surface area (Å²) in [6, 6.07) is 4.16. The first kappa shape index (κ1) is 15.5. The number of likely N-dealkylation sites (tertiary alicyclic amines) is 1. The Labute approximate surface area is 153 Å². The molecular formula is C21H25NO4. The molecule has 2 unspecified atom stereocenters. The minimum absolute atomic E-state index is 0.0860. The predicted molar refractivity (Wildman–Crippen MR) is 94.7 cm³/mol. The van der Waals surface area contributed by atoms with E-state index in [1.54, 1.807) is 7.11 Å². The van der Waals surface area contributed by atoms with E-state index in [1.165, 1.54) is 18.4 Å². The Hall–Kier alpha value is -1.59. The van der Waals surface area contributed by atoms with Crippen molar-refractivity contribution in [3.05, 3.63) is 23.3 Å². The van der Waals surface area contributed by atoms with Crippen molar-refractivity contribution in [1.29, 1.82) is 0 Å². The molecule has 5 aliphatic rings. The SMILES string of the molecule is COc1ccc2c3c1OC1C(=O)CC[C@@]4(O)C(C2)N(CC2CC2)CC[C@]314. The molecule has 5 nitrogen and oxygen atoms in total. The quantitative estimate of drug-likeness (QED) is 0.896. The number of piperidine rings is 1. The maximum Gasteiger partial charge on any atom is 0.174 e. The minimum atomic E-state index is -0.886. The highest BCUT2D eigenvalue weighted by Crippen LogP contribution is 2.65. The number of hydrogen-bond acceptors (Lipinski definition) is 5. The molecule has 2 bridgehead atoms. The molecule has 2 saturated carbocycles. The molecule has 1 saturated heterocycles. The fourth-order valence-corrected chi connectivity index (χ4v) is 6.41. The van der Waals surface area contributed by atoms with Gasteiger partial charge in [0.2, 0.25) is 0 Å². The van der Waals surface area contributed by atoms with Crippen molar-refractivity contribution in [2.45, 2.75) is 61.7 Å². The lowest BCUT2D eigenvalue weighted by Crippen LogP contribution is -2.76. The van der Waals surface area contributed by atoms with E-state index in [4.69, 9.17) is 9.47 Å². The lowest BCUT2D eigenvalue weighted by atomic mass is 9.49. The first-order chi connectivity index (χ1) is 12.6. The number of carbonyl (C=O) groups is 1. The second kappa shape index (κ2) is 4.82. The van der Waals surface area contributed by atoms with Crippen molar-refractivity contribution in [1.82, 2.24) is 4.90 Å². The zero-order valence-corrected chi connectivity index (χ0v) is 15.2. The number of hydrogen-bond donors (Lipinski definition) is 1. The van der Waals surface area contributed by atoms with Crippen LogP contribution >= 0.6 is 0 Å². The fourth-order valence-electron chi connectivity index (χ4n) is 6.41. The first-order valence-corrected chi connectivity index (χ1v) is 9.94. The number of benzene rings is 1. The van der Waals surface area contributed by atoms with Crippen LogP contribution in [0, 0.1) is 5.92 Å². The molecule has 0 amide bonds. The topological polar surface area (TPSA) is 59.0 Å². The van der Waals surface area contributed by atoms with Gasteiger partial charge in [-0.05, 0) is 56.2 Å². The van der Waals surface area contributed by atoms with Crippen LogP contribution in [0.25, 0.3) is 0 Å². The Kier molecular flexibility index (Phi) is 2.86. The molecule has 0 radical (unpaired) electrons. The maximum atomic E-state index is 12.8. The number of aliphatic hydroxyl groups is 1. The average Bonchev–Trinajstić information content (AvgIpc) is 3.37. The van der Waals surface area contributed by atoms with Gasteiger partial charge in [-0.2, -0.15) is 0 Å². The van der Waals surface area contributed by atoms with Gasteiger partial charge >= 0.3 is 0 Å². The number of carbonyl (C=O) groups excluding carboxylic acids is 1. The highest BCUT2D eigenvalue weighted by Gasteiger charge is 2.73. The number of nitrogens with zero attached hydrogens (tertiary/aromatic N) is 1. The van der Waals surface area contributed by atoms with Gasteiger partial charge in [0.25, 0.3) is 0 Å². The van der Waals surface area contributed by atoms with Crippen LogP contribution in [-0.4, -0.2) is 53.7 Å². The second-order valence-corrected chi connectivity index (χ2v) is 8.90.